The Kier molecular flexibility index (Phi) is 4.03. The lowest BCUT2D eigenvalue weighted by atomic mass is 10.0. The van der Waals surface area contributed by atoms with Crippen molar-refractivity contribution >= 4 is 17.0 Å². The molecule has 28 heavy (non-hydrogen) atoms. The van der Waals surface area contributed by atoms with Crippen LogP contribution >= 0.6 is 0 Å². The first-order chi connectivity index (χ1) is 13.6. The summed E-state index contributed by atoms with van der Waals surface area (Å²) in [7, 11) is 1.70. The van der Waals surface area contributed by atoms with E-state index in [9.17, 15) is 9.59 Å². The van der Waals surface area contributed by atoms with Gasteiger partial charge in [0.15, 0.2) is 0 Å². The summed E-state index contributed by atoms with van der Waals surface area (Å²) in [6.07, 6.45) is 7.46. The predicted molar refractivity (Wildman–Crippen MR) is 108 cm³/mol. The van der Waals surface area contributed by atoms with Crippen molar-refractivity contribution in [2.24, 2.45) is 7.05 Å². The second-order valence-corrected chi connectivity index (χ2v) is 7.83. The molecule has 5 rings (SSSR count). The molecule has 0 N–H and O–H groups in total. The van der Waals surface area contributed by atoms with Gasteiger partial charge in [-0.2, -0.15) is 0 Å². The molecule has 0 spiro atoms. The fourth-order valence-electron chi connectivity index (χ4n) is 4.29. The lowest BCUT2D eigenvalue weighted by molar-refractivity contribution is 0.391. The van der Waals surface area contributed by atoms with Crippen LogP contribution in [0.25, 0.3) is 11.0 Å². The maximum Gasteiger partial charge on any atom is 0.317 e. The van der Waals surface area contributed by atoms with E-state index in [1.165, 1.54) is 23.0 Å². The van der Waals surface area contributed by atoms with E-state index in [1.807, 2.05) is 6.07 Å². The Morgan fingerprint density at radius 2 is 1.64 bits per heavy atom. The van der Waals surface area contributed by atoms with Gasteiger partial charge in [-0.1, -0.05) is 6.07 Å². The van der Waals surface area contributed by atoms with Gasteiger partial charge < -0.3 is 9.47 Å². The highest BCUT2D eigenvalue weighted by molar-refractivity contribution is 5.76. The zero-order chi connectivity index (χ0) is 19.3. The highest BCUT2D eigenvalue weighted by Crippen LogP contribution is 2.40. The standard InChI is InChI=1S/C21H23N5O2/c1-24-18-13-15(14-3-4-14)5-6-17(18)26(20(28)19(24)27)16-7-11-25(12-8-16)21-22-9-2-10-23-21/h2,5-6,9-10,13-14,16H,3-4,7-8,11-12H2,1H3. The monoisotopic (exact) mass is 377 g/mol. The quantitative estimate of drug-likeness (QED) is 0.655. The summed E-state index contributed by atoms with van der Waals surface area (Å²) < 4.78 is 3.24. The number of fused-ring (bicyclic) bond motifs is 1. The van der Waals surface area contributed by atoms with E-state index < -0.39 is 11.1 Å². The summed E-state index contributed by atoms with van der Waals surface area (Å²) in [6, 6.07) is 8.05. The Morgan fingerprint density at radius 3 is 2.32 bits per heavy atom. The maximum atomic E-state index is 12.9. The second-order valence-electron chi connectivity index (χ2n) is 7.83. The molecule has 2 aliphatic rings. The van der Waals surface area contributed by atoms with Crippen LogP contribution in [0.15, 0.2) is 46.2 Å². The average molecular weight is 377 g/mol. The van der Waals surface area contributed by atoms with Crippen molar-refractivity contribution in [1.82, 2.24) is 19.1 Å². The van der Waals surface area contributed by atoms with Crippen LogP contribution in [0.4, 0.5) is 5.95 Å². The van der Waals surface area contributed by atoms with Crippen molar-refractivity contribution in [2.45, 2.75) is 37.6 Å². The number of aromatic nitrogens is 4. The molecule has 3 aromatic rings. The molecule has 0 amide bonds. The van der Waals surface area contributed by atoms with Gasteiger partial charge in [0.1, 0.15) is 0 Å². The molecule has 7 heteroatoms. The number of anilines is 1. The van der Waals surface area contributed by atoms with Crippen molar-refractivity contribution in [3.63, 3.8) is 0 Å². The molecule has 0 atom stereocenters. The third kappa shape index (κ3) is 2.82. The first kappa shape index (κ1) is 17.2. The van der Waals surface area contributed by atoms with E-state index in [4.69, 9.17) is 0 Å². The highest BCUT2D eigenvalue weighted by atomic mass is 16.2. The summed E-state index contributed by atoms with van der Waals surface area (Å²) in [5.41, 5.74) is 2.09. The minimum absolute atomic E-state index is 0.00985. The third-order valence-corrected chi connectivity index (χ3v) is 6.04. The average Bonchev–Trinajstić information content (AvgIpc) is 3.59. The molecule has 1 aromatic carbocycles. The number of benzene rings is 1. The summed E-state index contributed by atoms with van der Waals surface area (Å²) in [6.45, 7) is 1.52. The van der Waals surface area contributed by atoms with E-state index in [2.05, 4.69) is 27.0 Å². The number of piperidine rings is 1. The van der Waals surface area contributed by atoms with Crippen LogP contribution in [0.2, 0.25) is 0 Å². The first-order valence-corrected chi connectivity index (χ1v) is 9.90. The molecule has 2 fully saturated rings. The number of nitrogens with zero attached hydrogens (tertiary/aromatic N) is 5. The summed E-state index contributed by atoms with van der Waals surface area (Å²) >= 11 is 0. The van der Waals surface area contributed by atoms with Crippen LogP contribution in [-0.4, -0.2) is 32.2 Å². The van der Waals surface area contributed by atoms with Crippen LogP contribution in [0.5, 0.6) is 0 Å². The molecule has 0 unspecified atom stereocenters. The molecule has 1 saturated carbocycles. The molecular weight excluding hydrogens is 354 g/mol. The Hall–Kier alpha value is -2.96. The molecule has 3 heterocycles. The smallest absolute Gasteiger partial charge is 0.317 e. The SMILES string of the molecule is Cn1c(=O)c(=O)n(C2CCN(c3ncccn3)CC2)c2ccc(C3CC3)cc21. The second kappa shape index (κ2) is 6.58. The lowest BCUT2D eigenvalue weighted by Crippen LogP contribution is -2.45. The fraction of sp³-hybridized carbons (Fsp3) is 0.429. The number of rotatable bonds is 3. The van der Waals surface area contributed by atoms with E-state index >= 15 is 0 Å². The van der Waals surface area contributed by atoms with Gasteiger partial charge in [0.25, 0.3) is 0 Å². The van der Waals surface area contributed by atoms with E-state index in [1.54, 1.807) is 30.1 Å². The van der Waals surface area contributed by atoms with Crippen molar-refractivity contribution in [3.8, 4) is 0 Å². The van der Waals surface area contributed by atoms with Crippen LogP contribution < -0.4 is 16.0 Å². The Morgan fingerprint density at radius 1 is 0.929 bits per heavy atom. The zero-order valence-corrected chi connectivity index (χ0v) is 15.9. The van der Waals surface area contributed by atoms with Crippen molar-refractivity contribution in [3.05, 3.63) is 62.9 Å². The van der Waals surface area contributed by atoms with Gasteiger partial charge in [0.2, 0.25) is 5.95 Å². The normalized spacial score (nSPS) is 18.0. The molecule has 1 aliphatic carbocycles. The van der Waals surface area contributed by atoms with E-state index in [0.29, 0.717) is 5.92 Å². The molecule has 1 saturated heterocycles. The van der Waals surface area contributed by atoms with Gasteiger partial charge in [0.05, 0.1) is 11.0 Å². The molecule has 1 aliphatic heterocycles. The highest BCUT2D eigenvalue weighted by Gasteiger charge is 2.27. The molecule has 2 aromatic heterocycles. The molecule has 0 radical (unpaired) electrons. The number of hydrogen-bond acceptors (Lipinski definition) is 5. The van der Waals surface area contributed by atoms with Crippen molar-refractivity contribution < 1.29 is 0 Å². The van der Waals surface area contributed by atoms with Gasteiger partial charge >= 0.3 is 11.1 Å². The van der Waals surface area contributed by atoms with Gasteiger partial charge in [-0.25, -0.2) is 9.97 Å². The van der Waals surface area contributed by atoms with E-state index in [0.717, 1.165) is 42.9 Å². The largest absolute Gasteiger partial charge is 0.341 e. The summed E-state index contributed by atoms with van der Waals surface area (Å²) in [5, 5.41) is 0. The Balaban J connectivity index is 1.52. The van der Waals surface area contributed by atoms with Gasteiger partial charge in [-0.3, -0.25) is 14.2 Å². The maximum absolute atomic E-state index is 12.9. The lowest BCUT2D eigenvalue weighted by Gasteiger charge is -2.33. The van der Waals surface area contributed by atoms with Crippen molar-refractivity contribution in [2.75, 3.05) is 18.0 Å². The fourth-order valence-corrected chi connectivity index (χ4v) is 4.29. The zero-order valence-electron chi connectivity index (χ0n) is 15.9. The predicted octanol–water partition coefficient (Wildman–Crippen LogP) is 2.21. The summed E-state index contributed by atoms with van der Waals surface area (Å²) in [4.78, 5) is 36.3. The number of aryl methyl sites for hydroxylation is 1. The minimum Gasteiger partial charge on any atom is -0.341 e. The Bertz CT molecular complexity index is 1140. The first-order valence-electron chi connectivity index (χ1n) is 9.90. The number of hydrogen-bond donors (Lipinski definition) is 0. The van der Waals surface area contributed by atoms with Crippen LogP contribution in [0.1, 0.15) is 43.2 Å². The van der Waals surface area contributed by atoms with Crippen molar-refractivity contribution in [1.29, 1.82) is 0 Å². The summed E-state index contributed by atoms with van der Waals surface area (Å²) in [5.74, 6) is 1.32. The molecular formula is C21H23N5O2. The van der Waals surface area contributed by atoms with E-state index in [-0.39, 0.29) is 6.04 Å². The molecule has 144 valence electrons. The molecule has 7 nitrogen and oxygen atoms in total. The van der Waals surface area contributed by atoms with Crippen LogP contribution in [0, 0.1) is 0 Å². The Labute approximate surface area is 162 Å². The third-order valence-electron chi connectivity index (χ3n) is 6.04. The van der Waals surface area contributed by atoms with Gasteiger partial charge in [0, 0.05) is 38.6 Å². The van der Waals surface area contributed by atoms with Crippen LogP contribution in [-0.2, 0) is 7.05 Å². The molecule has 0 bridgehead atoms. The van der Waals surface area contributed by atoms with Gasteiger partial charge in [-0.15, -0.1) is 0 Å². The van der Waals surface area contributed by atoms with Crippen LogP contribution in [0.3, 0.4) is 0 Å². The topological polar surface area (TPSA) is 73.0 Å². The minimum atomic E-state index is -0.450. The van der Waals surface area contributed by atoms with Gasteiger partial charge in [-0.05, 0) is 55.4 Å².